The summed E-state index contributed by atoms with van der Waals surface area (Å²) < 4.78 is 0.861. The van der Waals surface area contributed by atoms with Crippen LogP contribution in [-0.2, 0) is 4.79 Å². The normalized spacial score (nSPS) is 21.9. The number of carboxylic acid groups (broad SMARTS) is 1. The summed E-state index contributed by atoms with van der Waals surface area (Å²) in [5.74, 6) is -1.47. The Labute approximate surface area is 125 Å². The van der Waals surface area contributed by atoms with E-state index in [1.165, 1.54) is 11.3 Å². The lowest BCUT2D eigenvalue weighted by molar-refractivity contribution is -0.142. The van der Waals surface area contributed by atoms with Crippen molar-refractivity contribution in [1.29, 1.82) is 0 Å². The molecule has 110 valence electrons. The molecule has 1 amide bonds. The monoisotopic (exact) mass is 305 g/mol. The van der Waals surface area contributed by atoms with E-state index in [0.29, 0.717) is 23.7 Å². The molecule has 3 rings (SSSR count). The van der Waals surface area contributed by atoms with Gasteiger partial charge in [0.2, 0.25) is 0 Å². The van der Waals surface area contributed by atoms with Crippen LogP contribution < -0.4 is 5.73 Å². The van der Waals surface area contributed by atoms with E-state index in [-0.39, 0.29) is 11.9 Å². The maximum Gasteiger partial charge on any atom is 0.308 e. The summed E-state index contributed by atoms with van der Waals surface area (Å²) in [6, 6.07) is 4.96. The van der Waals surface area contributed by atoms with E-state index in [2.05, 4.69) is 4.98 Å². The van der Waals surface area contributed by atoms with Gasteiger partial charge in [0.15, 0.2) is 5.13 Å². The van der Waals surface area contributed by atoms with Gasteiger partial charge < -0.3 is 15.7 Å². The average Bonchev–Trinajstić information content (AvgIpc) is 2.98. The molecular weight excluding hydrogens is 290 g/mol. The molecule has 1 fully saturated rings. The van der Waals surface area contributed by atoms with Crippen molar-refractivity contribution in [2.24, 2.45) is 5.92 Å². The summed E-state index contributed by atoms with van der Waals surface area (Å²) in [4.78, 5) is 29.5. The zero-order valence-electron chi connectivity index (χ0n) is 11.4. The summed E-state index contributed by atoms with van der Waals surface area (Å²) in [7, 11) is 0. The molecule has 7 heteroatoms. The molecule has 6 nitrogen and oxygen atoms in total. The predicted octanol–water partition coefficient (Wildman–Crippen LogP) is 1.81. The van der Waals surface area contributed by atoms with Crippen molar-refractivity contribution in [3.8, 4) is 0 Å². The van der Waals surface area contributed by atoms with Gasteiger partial charge in [0, 0.05) is 18.2 Å². The van der Waals surface area contributed by atoms with Gasteiger partial charge in [-0.05, 0) is 31.5 Å². The van der Waals surface area contributed by atoms with Crippen molar-refractivity contribution in [1.82, 2.24) is 9.88 Å². The van der Waals surface area contributed by atoms with Gasteiger partial charge in [-0.1, -0.05) is 11.3 Å². The number of hydrogen-bond donors (Lipinski definition) is 2. The van der Waals surface area contributed by atoms with Gasteiger partial charge in [-0.25, -0.2) is 4.98 Å². The Hall–Kier alpha value is -2.15. The fourth-order valence-electron chi connectivity index (χ4n) is 2.80. The van der Waals surface area contributed by atoms with E-state index < -0.39 is 11.9 Å². The van der Waals surface area contributed by atoms with Gasteiger partial charge >= 0.3 is 5.97 Å². The second-order valence-electron chi connectivity index (χ2n) is 5.21. The number of carbonyl (C=O) groups is 2. The fraction of sp³-hybridized carbons (Fsp3) is 0.357. The molecule has 0 bridgehead atoms. The van der Waals surface area contributed by atoms with Crippen LogP contribution in [0.3, 0.4) is 0 Å². The van der Waals surface area contributed by atoms with Crippen LogP contribution in [0.2, 0.25) is 0 Å². The van der Waals surface area contributed by atoms with E-state index >= 15 is 0 Å². The number of hydrogen-bond acceptors (Lipinski definition) is 5. The van der Waals surface area contributed by atoms with Gasteiger partial charge in [0.05, 0.1) is 16.1 Å². The number of carbonyl (C=O) groups excluding carboxylic acids is 1. The van der Waals surface area contributed by atoms with Gasteiger partial charge in [0.1, 0.15) is 0 Å². The number of nitrogens with zero attached hydrogens (tertiary/aromatic N) is 2. The second kappa shape index (κ2) is 5.00. The Morgan fingerprint density at radius 1 is 1.48 bits per heavy atom. The number of anilines is 1. The summed E-state index contributed by atoms with van der Waals surface area (Å²) in [5.41, 5.74) is 6.97. The number of benzene rings is 1. The molecule has 1 aromatic heterocycles. The molecule has 2 atom stereocenters. The lowest BCUT2D eigenvalue weighted by atomic mass is 10.0. The number of carboxylic acids is 1. The lowest BCUT2D eigenvalue weighted by Gasteiger charge is -2.23. The van der Waals surface area contributed by atoms with Gasteiger partial charge in [-0.15, -0.1) is 0 Å². The number of aliphatic carboxylic acids is 1. The van der Waals surface area contributed by atoms with Crippen molar-refractivity contribution < 1.29 is 14.7 Å². The van der Waals surface area contributed by atoms with Crippen LogP contribution in [0.25, 0.3) is 10.2 Å². The van der Waals surface area contributed by atoms with Gasteiger partial charge in [-0.2, -0.15) is 0 Å². The quantitative estimate of drug-likeness (QED) is 0.882. The SMILES string of the molecule is CC1C(C(=O)O)CCN1C(=O)c1ccc2nc(N)sc2c1. The highest BCUT2D eigenvalue weighted by atomic mass is 32.1. The van der Waals surface area contributed by atoms with Crippen LogP contribution in [-0.4, -0.2) is 39.5 Å². The number of nitrogens with two attached hydrogens (primary N) is 1. The molecule has 0 aliphatic carbocycles. The van der Waals surface area contributed by atoms with Crippen molar-refractivity contribution in [3.63, 3.8) is 0 Å². The molecule has 0 saturated carbocycles. The molecular formula is C14H15N3O3S. The predicted molar refractivity (Wildman–Crippen MR) is 80.3 cm³/mol. The fourth-order valence-corrected chi connectivity index (χ4v) is 3.57. The van der Waals surface area contributed by atoms with Crippen LogP contribution in [0.5, 0.6) is 0 Å². The molecule has 2 aromatic rings. The van der Waals surface area contributed by atoms with Crippen LogP contribution in [0.4, 0.5) is 5.13 Å². The highest BCUT2D eigenvalue weighted by molar-refractivity contribution is 7.22. The second-order valence-corrected chi connectivity index (χ2v) is 6.27. The summed E-state index contributed by atoms with van der Waals surface area (Å²) in [6.45, 7) is 2.26. The van der Waals surface area contributed by atoms with Crippen molar-refractivity contribution in [2.75, 3.05) is 12.3 Å². The summed E-state index contributed by atoms with van der Waals surface area (Å²) in [6.07, 6.45) is 0.498. The third-order valence-electron chi connectivity index (χ3n) is 3.98. The molecule has 1 aliphatic rings. The third-order valence-corrected chi connectivity index (χ3v) is 4.83. The average molecular weight is 305 g/mol. The number of aromatic nitrogens is 1. The Kier molecular flexibility index (Phi) is 3.29. The van der Waals surface area contributed by atoms with Crippen LogP contribution in [0, 0.1) is 5.92 Å². The minimum absolute atomic E-state index is 0.139. The molecule has 1 aliphatic heterocycles. The molecule has 0 spiro atoms. The van der Waals surface area contributed by atoms with Crippen LogP contribution in [0.1, 0.15) is 23.7 Å². The minimum atomic E-state index is -0.844. The first-order valence-corrected chi connectivity index (χ1v) is 7.49. The number of thiazole rings is 1. The van der Waals surface area contributed by atoms with Crippen LogP contribution in [0.15, 0.2) is 18.2 Å². The molecule has 2 heterocycles. The zero-order chi connectivity index (χ0) is 15.1. The molecule has 2 unspecified atom stereocenters. The number of likely N-dealkylation sites (tertiary alicyclic amines) is 1. The first-order valence-electron chi connectivity index (χ1n) is 6.67. The Bertz CT molecular complexity index is 727. The Morgan fingerprint density at radius 2 is 2.24 bits per heavy atom. The lowest BCUT2D eigenvalue weighted by Crippen LogP contribution is -2.37. The topological polar surface area (TPSA) is 96.5 Å². The number of amides is 1. The first-order chi connectivity index (χ1) is 9.97. The zero-order valence-corrected chi connectivity index (χ0v) is 12.3. The van der Waals surface area contributed by atoms with Gasteiger partial charge in [0.25, 0.3) is 5.91 Å². The minimum Gasteiger partial charge on any atom is -0.481 e. The highest BCUT2D eigenvalue weighted by Crippen LogP contribution is 2.28. The first kappa shape index (κ1) is 13.8. The van der Waals surface area contributed by atoms with E-state index in [1.54, 1.807) is 30.0 Å². The van der Waals surface area contributed by atoms with Crippen molar-refractivity contribution in [2.45, 2.75) is 19.4 Å². The molecule has 3 N–H and O–H groups in total. The van der Waals surface area contributed by atoms with Crippen LogP contribution >= 0.6 is 11.3 Å². The molecule has 0 radical (unpaired) electrons. The highest BCUT2D eigenvalue weighted by Gasteiger charge is 2.38. The summed E-state index contributed by atoms with van der Waals surface area (Å²) >= 11 is 1.33. The number of fused-ring (bicyclic) bond motifs is 1. The maximum atomic E-state index is 12.6. The standard InChI is InChI=1S/C14H15N3O3S/c1-7-9(13(19)20)4-5-17(7)12(18)8-2-3-10-11(6-8)21-14(15)16-10/h2-3,6-7,9H,4-5H2,1H3,(H2,15,16)(H,19,20). The van der Waals surface area contributed by atoms with E-state index in [9.17, 15) is 9.59 Å². The van der Waals surface area contributed by atoms with E-state index in [0.717, 1.165) is 10.2 Å². The number of rotatable bonds is 2. The Balaban J connectivity index is 1.88. The molecule has 1 saturated heterocycles. The number of nitrogen functional groups attached to an aromatic ring is 1. The molecule has 21 heavy (non-hydrogen) atoms. The smallest absolute Gasteiger partial charge is 0.308 e. The van der Waals surface area contributed by atoms with E-state index in [4.69, 9.17) is 10.8 Å². The summed E-state index contributed by atoms with van der Waals surface area (Å²) in [5, 5.41) is 9.61. The Morgan fingerprint density at radius 3 is 2.90 bits per heavy atom. The maximum absolute atomic E-state index is 12.6. The third kappa shape index (κ3) is 2.33. The largest absolute Gasteiger partial charge is 0.481 e. The van der Waals surface area contributed by atoms with Crippen molar-refractivity contribution in [3.05, 3.63) is 23.8 Å². The van der Waals surface area contributed by atoms with E-state index in [1.807, 2.05) is 0 Å². The van der Waals surface area contributed by atoms with Crippen molar-refractivity contribution >= 4 is 38.6 Å². The van der Waals surface area contributed by atoms with Gasteiger partial charge in [-0.3, -0.25) is 9.59 Å². The molecule has 1 aromatic carbocycles.